The van der Waals surface area contributed by atoms with Crippen LogP contribution in [0.1, 0.15) is 5.56 Å². The number of aromatic nitrogens is 1. The van der Waals surface area contributed by atoms with Gasteiger partial charge in [-0.25, -0.2) is 8.42 Å². The van der Waals surface area contributed by atoms with Crippen LogP contribution in [0.15, 0.2) is 35.4 Å². The summed E-state index contributed by atoms with van der Waals surface area (Å²) in [6.07, 6.45) is 4.26. The zero-order valence-electron chi connectivity index (χ0n) is 10.1. The second kappa shape index (κ2) is 4.31. The lowest BCUT2D eigenvalue weighted by molar-refractivity contribution is 0.609. The van der Waals surface area contributed by atoms with Crippen molar-refractivity contribution < 1.29 is 8.42 Å². The van der Waals surface area contributed by atoms with Gasteiger partial charge in [0.05, 0.1) is 0 Å². The summed E-state index contributed by atoms with van der Waals surface area (Å²) >= 11 is 0. The number of sulfone groups is 1. The maximum atomic E-state index is 11.4. The van der Waals surface area contributed by atoms with Gasteiger partial charge in [0.15, 0.2) is 9.84 Å². The molecule has 0 fully saturated rings. The van der Waals surface area contributed by atoms with E-state index in [2.05, 4.69) is 0 Å². The van der Waals surface area contributed by atoms with Crippen molar-refractivity contribution in [1.29, 1.82) is 5.26 Å². The van der Waals surface area contributed by atoms with Crippen molar-refractivity contribution in [1.82, 2.24) is 4.57 Å². The Labute approximate surface area is 106 Å². The minimum atomic E-state index is -3.48. The Balaban J connectivity index is 2.71. The predicted octanol–water partition coefficient (Wildman–Crippen LogP) is 2.09. The number of nitrogens with zero attached hydrogens (tertiary/aromatic N) is 2. The quantitative estimate of drug-likeness (QED) is 0.777. The first-order valence-electron chi connectivity index (χ1n) is 5.29. The third-order valence-electron chi connectivity index (χ3n) is 2.72. The highest BCUT2D eigenvalue weighted by molar-refractivity contribution is 7.95. The SMILES string of the molecule is Cn1cc(/C=C(\C#N)S(C)(=O)=O)c2ccccc21. The molecule has 0 N–H and O–H groups in total. The molecule has 0 aliphatic heterocycles. The maximum absolute atomic E-state index is 11.4. The lowest BCUT2D eigenvalue weighted by Gasteiger charge is -1.95. The van der Waals surface area contributed by atoms with Crippen molar-refractivity contribution in [2.45, 2.75) is 0 Å². The van der Waals surface area contributed by atoms with E-state index in [1.807, 2.05) is 42.1 Å². The van der Waals surface area contributed by atoms with E-state index in [9.17, 15) is 8.42 Å². The van der Waals surface area contributed by atoms with Gasteiger partial charge in [0.1, 0.15) is 11.0 Å². The minimum absolute atomic E-state index is 0.223. The summed E-state index contributed by atoms with van der Waals surface area (Å²) in [7, 11) is -1.60. The Kier molecular flexibility index (Phi) is 2.97. The van der Waals surface area contributed by atoms with E-state index in [4.69, 9.17) is 5.26 Å². The number of nitriles is 1. The third-order valence-corrected chi connectivity index (χ3v) is 3.73. The predicted molar refractivity (Wildman–Crippen MR) is 71.4 cm³/mol. The molecule has 1 heterocycles. The smallest absolute Gasteiger partial charge is 0.185 e. The van der Waals surface area contributed by atoms with E-state index in [1.54, 1.807) is 6.07 Å². The second-order valence-electron chi connectivity index (χ2n) is 4.11. The van der Waals surface area contributed by atoms with Crippen LogP contribution in [0.25, 0.3) is 17.0 Å². The first kappa shape index (κ1) is 12.4. The summed E-state index contributed by atoms with van der Waals surface area (Å²) in [6.45, 7) is 0. The summed E-state index contributed by atoms with van der Waals surface area (Å²) in [5.41, 5.74) is 1.73. The summed E-state index contributed by atoms with van der Waals surface area (Å²) < 4.78 is 24.7. The number of fused-ring (bicyclic) bond motifs is 1. The van der Waals surface area contributed by atoms with Crippen molar-refractivity contribution in [3.63, 3.8) is 0 Å². The number of hydrogen-bond donors (Lipinski definition) is 0. The first-order chi connectivity index (χ1) is 8.43. The number of aryl methyl sites for hydroxylation is 1. The third kappa shape index (κ3) is 2.15. The van der Waals surface area contributed by atoms with E-state index < -0.39 is 9.84 Å². The molecule has 92 valence electrons. The fourth-order valence-electron chi connectivity index (χ4n) is 1.85. The van der Waals surface area contributed by atoms with Crippen LogP contribution in [0, 0.1) is 11.3 Å². The van der Waals surface area contributed by atoms with Crippen LogP contribution >= 0.6 is 0 Å². The van der Waals surface area contributed by atoms with Gasteiger partial charge in [-0.1, -0.05) is 18.2 Å². The summed E-state index contributed by atoms with van der Waals surface area (Å²) in [4.78, 5) is -0.223. The van der Waals surface area contributed by atoms with Crippen molar-refractivity contribution >= 4 is 26.8 Å². The zero-order chi connectivity index (χ0) is 13.3. The summed E-state index contributed by atoms with van der Waals surface area (Å²) in [5, 5.41) is 9.82. The van der Waals surface area contributed by atoms with Gasteiger partial charge in [0.25, 0.3) is 0 Å². The summed E-state index contributed by atoms with van der Waals surface area (Å²) in [6, 6.07) is 9.37. The summed E-state index contributed by atoms with van der Waals surface area (Å²) in [5.74, 6) is 0. The topological polar surface area (TPSA) is 62.9 Å². The van der Waals surface area contributed by atoms with Crippen LogP contribution in [-0.2, 0) is 16.9 Å². The first-order valence-corrected chi connectivity index (χ1v) is 7.18. The largest absolute Gasteiger partial charge is 0.350 e. The molecule has 0 bridgehead atoms. The normalized spacial score (nSPS) is 12.6. The van der Waals surface area contributed by atoms with Crippen LogP contribution in [0.3, 0.4) is 0 Å². The van der Waals surface area contributed by atoms with E-state index in [-0.39, 0.29) is 4.91 Å². The maximum Gasteiger partial charge on any atom is 0.185 e. The molecule has 0 aliphatic carbocycles. The number of benzene rings is 1. The van der Waals surface area contributed by atoms with Gasteiger partial charge in [-0.3, -0.25) is 0 Å². The molecule has 4 nitrogen and oxygen atoms in total. The molecule has 0 aliphatic rings. The molecule has 5 heteroatoms. The molecule has 0 atom stereocenters. The molecule has 2 rings (SSSR count). The number of para-hydroxylation sites is 1. The molecular formula is C13H12N2O2S. The standard InChI is InChI=1S/C13H12N2O2S/c1-15-9-10(7-11(8-14)18(2,16)17)12-5-3-4-6-13(12)15/h3-7,9H,1-2H3/b11-7+. The van der Waals surface area contributed by atoms with Crippen molar-refractivity contribution in [2.75, 3.05) is 6.26 Å². The highest BCUT2D eigenvalue weighted by Crippen LogP contribution is 2.23. The molecule has 1 aromatic carbocycles. The van der Waals surface area contributed by atoms with Crippen LogP contribution < -0.4 is 0 Å². The van der Waals surface area contributed by atoms with Gasteiger partial charge in [-0.2, -0.15) is 5.26 Å². The van der Waals surface area contributed by atoms with Gasteiger partial charge < -0.3 is 4.57 Å². The minimum Gasteiger partial charge on any atom is -0.350 e. The van der Waals surface area contributed by atoms with Gasteiger partial charge in [-0.15, -0.1) is 0 Å². The molecule has 0 radical (unpaired) electrons. The molecule has 0 amide bonds. The van der Waals surface area contributed by atoms with Crippen LogP contribution in [0.5, 0.6) is 0 Å². The van der Waals surface area contributed by atoms with E-state index in [1.165, 1.54) is 6.08 Å². The fourth-order valence-corrected chi connectivity index (χ4v) is 2.36. The number of rotatable bonds is 2. The van der Waals surface area contributed by atoms with Gasteiger partial charge >= 0.3 is 0 Å². The molecule has 0 spiro atoms. The second-order valence-corrected chi connectivity index (χ2v) is 6.09. The zero-order valence-corrected chi connectivity index (χ0v) is 10.9. The number of hydrogen-bond acceptors (Lipinski definition) is 3. The van der Waals surface area contributed by atoms with Gasteiger partial charge in [0, 0.05) is 36.0 Å². The van der Waals surface area contributed by atoms with Crippen molar-refractivity contribution in [3.8, 4) is 6.07 Å². The Morgan fingerprint density at radius 1 is 1.39 bits per heavy atom. The lowest BCUT2D eigenvalue weighted by Crippen LogP contribution is -1.98. The fraction of sp³-hybridized carbons (Fsp3) is 0.154. The van der Waals surface area contributed by atoms with Crippen LogP contribution in [0.4, 0.5) is 0 Å². The van der Waals surface area contributed by atoms with Crippen molar-refractivity contribution in [2.24, 2.45) is 7.05 Å². The van der Waals surface area contributed by atoms with Crippen molar-refractivity contribution in [3.05, 3.63) is 40.9 Å². The van der Waals surface area contributed by atoms with E-state index in [0.717, 1.165) is 22.7 Å². The average molecular weight is 260 g/mol. The molecule has 2 aromatic rings. The molecule has 0 unspecified atom stereocenters. The highest BCUT2D eigenvalue weighted by Gasteiger charge is 2.12. The molecule has 0 saturated carbocycles. The number of allylic oxidation sites excluding steroid dienone is 1. The Hall–Kier alpha value is -2.06. The lowest BCUT2D eigenvalue weighted by atomic mass is 10.1. The molecule has 18 heavy (non-hydrogen) atoms. The highest BCUT2D eigenvalue weighted by atomic mass is 32.2. The Morgan fingerprint density at radius 2 is 2.06 bits per heavy atom. The van der Waals surface area contributed by atoms with E-state index >= 15 is 0 Å². The molecule has 1 aromatic heterocycles. The Morgan fingerprint density at radius 3 is 2.67 bits per heavy atom. The molecule has 0 saturated heterocycles. The van der Waals surface area contributed by atoms with Crippen LogP contribution in [0.2, 0.25) is 0 Å². The monoisotopic (exact) mass is 260 g/mol. The van der Waals surface area contributed by atoms with Gasteiger partial charge in [-0.05, 0) is 12.1 Å². The van der Waals surface area contributed by atoms with E-state index in [0.29, 0.717) is 0 Å². The Bertz CT molecular complexity index is 777. The average Bonchev–Trinajstić information content (AvgIpc) is 2.62. The van der Waals surface area contributed by atoms with Crippen LogP contribution in [-0.4, -0.2) is 19.2 Å². The van der Waals surface area contributed by atoms with Gasteiger partial charge in [0.2, 0.25) is 0 Å². The molecular weight excluding hydrogens is 248 g/mol.